The lowest BCUT2D eigenvalue weighted by molar-refractivity contribution is 0.0610. The molecule has 1 saturated carbocycles. The summed E-state index contributed by atoms with van der Waals surface area (Å²) in [6.45, 7) is 5.37. The smallest absolute Gasteiger partial charge is 0.333 e. The molecule has 0 spiro atoms. The van der Waals surface area contributed by atoms with Crippen LogP contribution in [0.4, 0.5) is 4.39 Å². The highest BCUT2D eigenvalue weighted by Crippen LogP contribution is 2.30. The van der Waals surface area contributed by atoms with Crippen molar-refractivity contribution in [1.29, 1.82) is 0 Å². The maximum absolute atomic E-state index is 15.2. The average Bonchev–Trinajstić information content (AvgIpc) is 3.71. The van der Waals surface area contributed by atoms with Gasteiger partial charge in [-0.2, -0.15) is 0 Å². The first-order valence-electron chi connectivity index (χ1n) is 15.6. The van der Waals surface area contributed by atoms with Crippen LogP contribution in [0.25, 0.3) is 17.1 Å². The third-order valence-electron chi connectivity index (χ3n) is 8.65. The molecular formula is C35H32BrFN6O5. The number of hydrogen-bond donors (Lipinski definition) is 1. The number of benzene rings is 3. The van der Waals surface area contributed by atoms with Crippen molar-refractivity contribution in [2.24, 2.45) is 0 Å². The van der Waals surface area contributed by atoms with Crippen LogP contribution in [0.1, 0.15) is 63.3 Å². The largest absolute Gasteiger partial charge is 0.490 e. The SMILES string of the molecule is Cc1nnc(-c2cccc(F)c2CNC(=O)c2c3n(c(=O)n2-c2ccc(OC4CC4)cc2)C[C@@H](C)N(C(=O)c2ccc(Br)c(C)c2)C3)o1. The zero-order valence-corrected chi connectivity index (χ0v) is 28.1. The number of carbonyl (C=O) groups is 2. The predicted octanol–water partition coefficient (Wildman–Crippen LogP) is 5.72. The highest BCUT2D eigenvalue weighted by molar-refractivity contribution is 9.10. The van der Waals surface area contributed by atoms with Crippen LogP contribution in [0, 0.1) is 19.7 Å². The number of imidazole rings is 1. The quantitative estimate of drug-likeness (QED) is 0.218. The molecule has 1 aliphatic heterocycles. The normalized spacial score (nSPS) is 15.7. The number of aryl methyl sites for hydroxylation is 2. The highest BCUT2D eigenvalue weighted by Gasteiger charge is 2.35. The summed E-state index contributed by atoms with van der Waals surface area (Å²) < 4.78 is 30.4. The van der Waals surface area contributed by atoms with Gasteiger partial charge in [-0.05, 0) is 86.8 Å². The van der Waals surface area contributed by atoms with E-state index in [0.717, 1.165) is 22.9 Å². The van der Waals surface area contributed by atoms with Gasteiger partial charge in [-0.1, -0.05) is 22.0 Å². The van der Waals surface area contributed by atoms with E-state index in [1.54, 1.807) is 52.8 Å². The van der Waals surface area contributed by atoms with E-state index < -0.39 is 17.4 Å². The number of nitrogens with zero attached hydrogens (tertiary/aromatic N) is 5. The molecule has 7 rings (SSSR count). The van der Waals surface area contributed by atoms with E-state index in [-0.39, 0.29) is 54.8 Å². The van der Waals surface area contributed by atoms with E-state index in [0.29, 0.717) is 34.1 Å². The summed E-state index contributed by atoms with van der Waals surface area (Å²) >= 11 is 3.49. The average molecular weight is 716 g/mol. The first-order valence-corrected chi connectivity index (χ1v) is 16.4. The van der Waals surface area contributed by atoms with Crippen molar-refractivity contribution in [2.75, 3.05) is 0 Å². The Bertz CT molecular complexity index is 2120. The van der Waals surface area contributed by atoms with Gasteiger partial charge >= 0.3 is 5.69 Å². The van der Waals surface area contributed by atoms with Crippen LogP contribution in [-0.2, 0) is 19.6 Å². The van der Waals surface area contributed by atoms with Crippen molar-refractivity contribution >= 4 is 27.7 Å². The van der Waals surface area contributed by atoms with Crippen molar-refractivity contribution in [3.63, 3.8) is 0 Å². The van der Waals surface area contributed by atoms with Crippen molar-refractivity contribution in [2.45, 2.75) is 65.4 Å². The fraction of sp³-hybridized carbons (Fsp3) is 0.286. The van der Waals surface area contributed by atoms with Crippen LogP contribution in [0.3, 0.4) is 0 Å². The Morgan fingerprint density at radius 2 is 1.85 bits per heavy atom. The van der Waals surface area contributed by atoms with E-state index >= 15 is 4.39 Å². The van der Waals surface area contributed by atoms with Crippen molar-refractivity contribution < 1.29 is 23.1 Å². The van der Waals surface area contributed by atoms with Crippen LogP contribution in [0.15, 0.2) is 74.3 Å². The van der Waals surface area contributed by atoms with E-state index in [2.05, 4.69) is 31.4 Å². The van der Waals surface area contributed by atoms with Gasteiger partial charge in [0.2, 0.25) is 11.8 Å². The zero-order valence-electron chi connectivity index (χ0n) is 26.5. The minimum Gasteiger partial charge on any atom is -0.490 e. The number of hydrogen-bond acceptors (Lipinski definition) is 7. The van der Waals surface area contributed by atoms with Crippen molar-refractivity contribution in [3.05, 3.63) is 115 Å². The van der Waals surface area contributed by atoms with Gasteiger partial charge in [0.05, 0.1) is 24.0 Å². The molecule has 2 amide bonds. The number of nitrogens with one attached hydrogen (secondary N) is 1. The molecule has 0 unspecified atom stereocenters. The van der Waals surface area contributed by atoms with Crippen LogP contribution in [0.5, 0.6) is 5.75 Å². The first-order chi connectivity index (χ1) is 23.1. The fourth-order valence-electron chi connectivity index (χ4n) is 5.95. The molecule has 13 heteroatoms. The Labute approximate surface area is 283 Å². The number of rotatable bonds is 8. The first kappa shape index (κ1) is 31.6. The Kier molecular flexibility index (Phi) is 8.24. The summed E-state index contributed by atoms with van der Waals surface area (Å²) in [5.74, 6) is -0.299. The second-order valence-electron chi connectivity index (χ2n) is 12.2. The van der Waals surface area contributed by atoms with E-state index in [1.165, 1.54) is 16.7 Å². The van der Waals surface area contributed by atoms with Gasteiger partial charge in [0.1, 0.15) is 17.3 Å². The molecule has 5 aromatic rings. The van der Waals surface area contributed by atoms with Gasteiger partial charge < -0.3 is 19.4 Å². The number of aromatic nitrogens is 4. The number of halogens is 2. The topological polar surface area (TPSA) is 124 Å². The minimum atomic E-state index is -0.614. The predicted molar refractivity (Wildman–Crippen MR) is 177 cm³/mol. The van der Waals surface area contributed by atoms with Crippen molar-refractivity contribution in [1.82, 2.24) is 29.5 Å². The van der Waals surface area contributed by atoms with Crippen LogP contribution in [0.2, 0.25) is 0 Å². The van der Waals surface area contributed by atoms with Crippen LogP contribution < -0.4 is 15.7 Å². The molecule has 1 aliphatic carbocycles. The highest BCUT2D eigenvalue weighted by atomic mass is 79.9. The van der Waals surface area contributed by atoms with E-state index in [4.69, 9.17) is 9.15 Å². The molecule has 0 bridgehead atoms. The lowest BCUT2D eigenvalue weighted by Crippen LogP contribution is -2.47. The maximum atomic E-state index is 15.2. The lowest BCUT2D eigenvalue weighted by Gasteiger charge is -2.34. The number of carbonyl (C=O) groups excluding carboxylic acids is 2. The molecule has 3 aromatic carbocycles. The number of fused-ring (bicyclic) bond motifs is 1. The van der Waals surface area contributed by atoms with Gasteiger partial charge in [-0.25, -0.2) is 9.18 Å². The molecule has 2 aliphatic rings. The van der Waals surface area contributed by atoms with Crippen LogP contribution in [-0.4, -0.2) is 48.2 Å². The van der Waals surface area contributed by atoms with Gasteiger partial charge in [0, 0.05) is 47.2 Å². The molecule has 246 valence electrons. The molecule has 1 atom stereocenters. The number of amides is 2. The fourth-order valence-corrected chi connectivity index (χ4v) is 6.20. The van der Waals surface area contributed by atoms with Gasteiger partial charge in [0.15, 0.2) is 0 Å². The molecule has 0 radical (unpaired) electrons. The summed E-state index contributed by atoms with van der Waals surface area (Å²) in [5.41, 5.74) is 2.36. The Hall–Kier alpha value is -5.04. The van der Waals surface area contributed by atoms with Gasteiger partial charge in [0.25, 0.3) is 11.8 Å². The molecular weight excluding hydrogens is 683 g/mol. The molecule has 3 heterocycles. The second-order valence-corrected chi connectivity index (χ2v) is 13.0. The third-order valence-corrected chi connectivity index (χ3v) is 9.54. The summed E-state index contributed by atoms with van der Waals surface area (Å²) in [4.78, 5) is 43.8. The molecule has 48 heavy (non-hydrogen) atoms. The summed E-state index contributed by atoms with van der Waals surface area (Å²) in [6, 6.07) is 16.5. The Balaban J connectivity index is 1.27. The molecule has 2 aromatic heterocycles. The van der Waals surface area contributed by atoms with E-state index in [9.17, 15) is 14.4 Å². The lowest BCUT2D eigenvalue weighted by atomic mass is 10.1. The standard InChI is InChI=1S/C35H32BrFN6O5/c1-19-15-22(7-14-28(19)36)34(45)41-18-30-31(32(44)38-16-27-26(5-4-6-29(27)37)33-40-39-21(3)47-33)43(35(46)42(30)17-20(41)2)23-8-10-24(11-9-23)48-25-12-13-25/h4-11,14-15,20,25H,12-13,16-18H2,1-3H3,(H,38,44)/t20-/m1/s1. The van der Waals surface area contributed by atoms with Gasteiger partial charge in [-0.15, -0.1) is 10.2 Å². The van der Waals surface area contributed by atoms with Crippen molar-refractivity contribution in [3.8, 4) is 22.9 Å². The Morgan fingerprint density at radius 1 is 1.08 bits per heavy atom. The summed E-state index contributed by atoms with van der Waals surface area (Å²) in [7, 11) is 0. The number of ether oxygens (including phenoxy) is 1. The Morgan fingerprint density at radius 3 is 2.54 bits per heavy atom. The zero-order chi connectivity index (χ0) is 33.7. The monoisotopic (exact) mass is 714 g/mol. The summed E-state index contributed by atoms with van der Waals surface area (Å²) in [5, 5.41) is 10.7. The molecule has 1 N–H and O–H groups in total. The minimum absolute atomic E-state index is 0.00912. The van der Waals surface area contributed by atoms with Crippen LogP contribution >= 0.6 is 15.9 Å². The molecule has 0 saturated heterocycles. The van der Waals surface area contributed by atoms with E-state index in [1.807, 2.05) is 26.0 Å². The maximum Gasteiger partial charge on any atom is 0.333 e. The third kappa shape index (κ3) is 5.94. The molecule has 11 nitrogen and oxygen atoms in total. The summed E-state index contributed by atoms with van der Waals surface area (Å²) in [6.07, 6.45) is 2.20. The second kappa shape index (κ2) is 12.5. The van der Waals surface area contributed by atoms with Gasteiger partial charge in [-0.3, -0.25) is 18.7 Å². The molecule has 1 fully saturated rings.